The molecule has 0 fully saturated rings. The van der Waals surface area contributed by atoms with E-state index in [1.807, 2.05) is 0 Å². The van der Waals surface area contributed by atoms with Crippen molar-refractivity contribution in [1.29, 1.82) is 0 Å². The van der Waals surface area contributed by atoms with Gasteiger partial charge in [-0.05, 0) is 42.0 Å². The van der Waals surface area contributed by atoms with Gasteiger partial charge in [-0.25, -0.2) is 14.1 Å². The van der Waals surface area contributed by atoms with Gasteiger partial charge < -0.3 is 9.47 Å². The summed E-state index contributed by atoms with van der Waals surface area (Å²) in [5.41, 5.74) is -0.0815. The van der Waals surface area contributed by atoms with Crippen molar-refractivity contribution >= 4 is 11.6 Å². The molecule has 0 spiro atoms. The summed E-state index contributed by atoms with van der Waals surface area (Å²) in [6.45, 7) is 0.569. The zero-order chi connectivity index (χ0) is 17.7. The van der Waals surface area contributed by atoms with Crippen LogP contribution < -0.4 is 4.74 Å². The summed E-state index contributed by atoms with van der Waals surface area (Å²) in [7, 11) is 1.59. The highest BCUT2D eigenvalue weighted by molar-refractivity contribution is 6.30. The molecule has 3 rings (SSSR count). The maximum absolute atomic E-state index is 13.3. The quantitative estimate of drug-likeness (QED) is 0.644. The van der Waals surface area contributed by atoms with Crippen molar-refractivity contribution in [1.82, 2.24) is 14.8 Å². The third kappa shape index (κ3) is 4.15. The van der Waals surface area contributed by atoms with Crippen LogP contribution in [-0.4, -0.2) is 28.5 Å². The van der Waals surface area contributed by atoms with Gasteiger partial charge in [-0.15, -0.1) is 0 Å². The Labute approximate surface area is 150 Å². The Morgan fingerprint density at radius 2 is 1.84 bits per heavy atom. The van der Waals surface area contributed by atoms with E-state index in [4.69, 9.17) is 21.1 Å². The number of rotatable bonds is 7. The van der Waals surface area contributed by atoms with Crippen LogP contribution >= 0.6 is 11.6 Å². The van der Waals surface area contributed by atoms with Crippen molar-refractivity contribution in [3.8, 4) is 5.75 Å². The van der Waals surface area contributed by atoms with E-state index in [0.717, 1.165) is 5.56 Å². The second-order valence-corrected chi connectivity index (χ2v) is 5.98. The standard InChI is InChI=1S/C18H17ClFN3O2/c1-24-18(10-23-13-21-12-22-23,14-2-6-16(20)7-3-14)11-25-17-8-4-15(19)5-9-17/h2-9,12-13H,10-11H2,1H3. The van der Waals surface area contributed by atoms with Gasteiger partial charge in [0, 0.05) is 12.1 Å². The first-order valence-corrected chi connectivity index (χ1v) is 8.01. The number of benzene rings is 2. The average Bonchev–Trinajstić information content (AvgIpc) is 3.13. The van der Waals surface area contributed by atoms with Gasteiger partial charge in [0.25, 0.3) is 0 Å². The smallest absolute Gasteiger partial charge is 0.146 e. The first kappa shape index (κ1) is 17.4. The van der Waals surface area contributed by atoms with E-state index in [1.165, 1.54) is 18.5 Å². The van der Waals surface area contributed by atoms with Crippen LogP contribution in [0.4, 0.5) is 4.39 Å². The molecule has 0 saturated carbocycles. The minimum absolute atomic E-state index is 0.205. The number of aromatic nitrogens is 3. The summed E-state index contributed by atoms with van der Waals surface area (Å²) in [6, 6.07) is 13.2. The predicted molar refractivity (Wildman–Crippen MR) is 92.1 cm³/mol. The monoisotopic (exact) mass is 361 g/mol. The number of hydrogen-bond donors (Lipinski definition) is 0. The summed E-state index contributed by atoms with van der Waals surface area (Å²) in [5.74, 6) is 0.347. The first-order chi connectivity index (χ1) is 12.1. The summed E-state index contributed by atoms with van der Waals surface area (Å²) in [6.07, 6.45) is 3.05. The lowest BCUT2D eigenvalue weighted by molar-refractivity contribution is -0.0643. The summed E-state index contributed by atoms with van der Waals surface area (Å²) in [4.78, 5) is 3.96. The SMILES string of the molecule is COC(COc1ccc(Cl)cc1)(Cn1cncn1)c1ccc(F)cc1. The van der Waals surface area contributed by atoms with Gasteiger partial charge in [0.1, 0.15) is 36.4 Å². The number of methoxy groups -OCH3 is 1. The van der Waals surface area contributed by atoms with Crippen molar-refractivity contribution in [3.05, 3.63) is 77.6 Å². The van der Waals surface area contributed by atoms with Gasteiger partial charge in [-0.1, -0.05) is 23.7 Å². The predicted octanol–water partition coefficient (Wildman–Crippen LogP) is 3.69. The van der Waals surface area contributed by atoms with Crippen LogP contribution in [0.2, 0.25) is 5.02 Å². The molecule has 0 bridgehead atoms. The molecule has 1 heterocycles. The second-order valence-electron chi connectivity index (χ2n) is 5.54. The molecule has 0 amide bonds. The Hall–Kier alpha value is -2.44. The Bertz CT molecular complexity index is 794. The molecule has 0 saturated heterocycles. The molecule has 25 heavy (non-hydrogen) atoms. The summed E-state index contributed by atoms with van der Waals surface area (Å²) >= 11 is 5.90. The lowest BCUT2D eigenvalue weighted by Gasteiger charge is -2.32. The highest BCUT2D eigenvalue weighted by atomic mass is 35.5. The average molecular weight is 362 g/mol. The van der Waals surface area contributed by atoms with E-state index < -0.39 is 5.60 Å². The molecule has 0 aliphatic rings. The van der Waals surface area contributed by atoms with Gasteiger partial charge in [0.05, 0.1) is 6.54 Å². The van der Waals surface area contributed by atoms with E-state index in [-0.39, 0.29) is 12.4 Å². The van der Waals surface area contributed by atoms with E-state index in [2.05, 4.69) is 10.1 Å². The van der Waals surface area contributed by atoms with Crippen molar-refractivity contribution in [2.75, 3.05) is 13.7 Å². The Morgan fingerprint density at radius 3 is 2.44 bits per heavy atom. The number of ether oxygens (including phenoxy) is 2. The molecule has 0 aliphatic heterocycles. The van der Waals surface area contributed by atoms with Crippen molar-refractivity contribution in [2.24, 2.45) is 0 Å². The summed E-state index contributed by atoms with van der Waals surface area (Å²) < 4.78 is 26.7. The van der Waals surface area contributed by atoms with Crippen LogP contribution in [-0.2, 0) is 16.9 Å². The molecule has 1 aromatic heterocycles. The highest BCUT2D eigenvalue weighted by Gasteiger charge is 2.34. The van der Waals surface area contributed by atoms with Gasteiger partial charge in [0.2, 0.25) is 0 Å². The van der Waals surface area contributed by atoms with E-state index in [1.54, 1.807) is 54.5 Å². The molecule has 1 unspecified atom stereocenters. The number of hydrogen-bond acceptors (Lipinski definition) is 4. The molecule has 0 aliphatic carbocycles. The fourth-order valence-corrected chi connectivity index (χ4v) is 2.65. The Balaban J connectivity index is 1.89. The van der Waals surface area contributed by atoms with Crippen molar-refractivity contribution in [3.63, 3.8) is 0 Å². The van der Waals surface area contributed by atoms with E-state index in [0.29, 0.717) is 17.3 Å². The minimum Gasteiger partial charge on any atom is -0.490 e. The highest BCUT2D eigenvalue weighted by Crippen LogP contribution is 2.29. The van der Waals surface area contributed by atoms with Gasteiger partial charge in [-0.2, -0.15) is 5.10 Å². The van der Waals surface area contributed by atoms with Crippen molar-refractivity contribution in [2.45, 2.75) is 12.1 Å². The van der Waals surface area contributed by atoms with Crippen molar-refractivity contribution < 1.29 is 13.9 Å². The first-order valence-electron chi connectivity index (χ1n) is 7.63. The van der Waals surface area contributed by atoms with Crippen LogP contribution in [0.15, 0.2) is 61.2 Å². The van der Waals surface area contributed by atoms with E-state index in [9.17, 15) is 4.39 Å². The lowest BCUT2D eigenvalue weighted by atomic mass is 9.94. The minimum atomic E-state index is -0.860. The zero-order valence-electron chi connectivity index (χ0n) is 13.6. The maximum Gasteiger partial charge on any atom is 0.146 e. The summed E-state index contributed by atoms with van der Waals surface area (Å²) in [5, 5.41) is 4.77. The molecule has 3 aromatic rings. The van der Waals surface area contributed by atoms with Crippen LogP contribution in [0, 0.1) is 5.82 Å². The number of halogens is 2. The topological polar surface area (TPSA) is 49.2 Å². The van der Waals surface area contributed by atoms with Crippen LogP contribution in [0.1, 0.15) is 5.56 Å². The zero-order valence-corrected chi connectivity index (χ0v) is 14.4. The number of nitrogens with zero attached hydrogens (tertiary/aromatic N) is 3. The molecular weight excluding hydrogens is 345 g/mol. The second kappa shape index (κ2) is 7.63. The molecule has 5 nitrogen and oxygen atoms in total. The normalized spacial score (nSPS) is 13.4. The molecule has 130 valence electrons. The molecular formula is C18H17ClFN3O2. The third-order valence-corrected chi connectivity index (χ3v) is 4.18. The van der Waals surface area contributed by atoms with Crippen LogP contribution in [0.25, 0.3) is 0 Å². The molecule has 0 radical (unpaired) electrons. The fourth-order valence-electron chi connectivity index (χ4n) is 2.52. The van der Waals surface area contributed by atoms with E-state index >= 15 is 0 Å². The van der Waals surface area contributed by atoms with Gasteiger partial charge in [-0.3, -0.25) is 0 Å². The molecule has 1 atom stereocenters. The third-order valence-electron chi connectivity index (χ3n) is 3.93. The van der Waals surface area contributed by atoms with Crippen LogP contribution in [0.5, 0.6) is 5.75 Å². The lowest BCUT2D eigenvalue weighted by Crippen LogP contribution is -2.40. The maximum atomic E-state index is 13.3. The molecule has 0 N–H and O–H groups in total. The van der Waals surface area contributed by atoms with Crippen LogP contribution in [0.3, 0.4) is 0 Å². The Morgan fingerprint density at radius 1 is 1.12 bits per heavy atom. The fraction of sp³-hybridized carbons (Fsp3) is 0.222. The van der Waals surface area contributed by atoms with Gasteiger partial charge in [0.15, 0.2) is 0 Å². The molecule has 2 aromatic carbocycles. The largest absolute Gasteiger partial charge is 0.490 e. The molecule has 7 heteroatoms. The Kier molecular flexibility index (Phi) is 5.31. The van der Waals surface area contributed by atoms with Gasteiger partial charge >= 0.3 is 0 Å².